The Morgan fingerprint density at radius 2 is 1.79 bits per heavy atom. The van der Waals surface area contributed by atoms with Gasteiger partial charge in [-0.25, -0.2) is 12.7 Å². The summed E-state index contributed by atoms with van der Waals surface area (Å²) in [7, 11) is -3.02. The number of piperidine rings is 1. The Morgan fingerprint density at radius 1 is 1.16 bits per heavy atom. The minimum atomic E-state index is -3.02. The van der Waals surface area contributed by atoms with E-state index in [1.54, 1.807) is 4.31 Å². The van der Waals surface area contributed by atoms with Gasteiger partial charge in [-0.1, -0.05) is 27.2 Å². The minimum Gasteiger partial charge on any atom is -0.317 e. The van der Waals surface area contributed by atoms with Gasteiger partial charge in [0, 0.05) is 13.1 Å². The smallest absolute Gasteiger partial charge is 0.214 e. The highest BCUT2D eigenvalue weighted by Crippen LogP contribution is 2.34. The monoisotopic (exact) mass is 290 g/mol. The Balaban J connectivity index is 2.34. The van der Waals surface area contributed by atoms with Gasteiger partial charge in [0.15, 0.2) is 0 Å². The van der Waals surface area contributed by atoms with Gasteiger partial charge < -0.3 is 5.32 Å². The third kappa shape index (κ3) is 5.40. The van der Waals surface area contributed by atoms with Gasteiger partial charge in [0.1, 0.15) is 0 Å². The number of sulfonamides is 1. The lowest BCUT2D eigenvalue weighted by atomic mass is 9.79. The maximum Gasteiger partial charge on any atom is 0.214 e. The minimum absolute atomic E-state index is 0.307. The zero-order chi connectivity index (χ0) is 14.4. The largest absolute Gasteiger partial charge is 0.317 e. The number of nitrogens with one attached hydrogen (secondary N) is 1. The van der Waals surface area contributed by atoms with Gasteiger partial charge in [-0.05, 0) is 44.2 Å². The average molecular weight is 290 g/mol. The lowest BCUT2D eigenvalue weighted by Crippen LogP contribution is -2.42. The van der Waals surface area contributed by atoms with Gasteiger partial charge in [-0.15, -0.1) is 0 Å². The fourth-order valence-corrected chi connectivity index (χ4v) is 4.06. The Labute approximate surface area is 119 Å². The van der Waals surface area contributed by atoms with Crippen molar-refractivity contribution in [2.24, 2.45) is 5.41 Å². The molecule has 4 nitrogen and oxygen atoms in total. The molecule has 19 heavy (non-hydrogen) atoms. The van der Waals surface area contributed by atoms with Gasteiger partial charge in [0.05, 0.1) is 5.75 Å². The lowest BCUT2D eigenvalue weighted by molar-refractivity contribution is 0.169. The van der Waals surface area contributed by atoms with Crippen LogP contribution in [0.15, 0.2) is 0 Å². The summed E-state index contributed by atoms with van der Waals surface area (Å²) in [5.74, 6) is 0.307. The molecule has 0 aromatic heterocycles. The summed E-state index contributed by atoms with van der Waals surface area (Å²) < 4.78 is 26.2. The van der Waals surface area contributed by atoms with Gasteiger partial charge in [-0.2, -0.15) is 0 Å². The molecule has 0 spiro atoms. The van der Waals surface area contributed by atoms with E-state index in [4.69, 9.17) is 0 Å². The standard InChI is InChI=1S/C14H30N2O2S/c1-4-14(3)8-11-16(12-9-14)19(17,18)13-7-6-10-15-5-2/h15H,4-13H2,1-3H3. The Kier molecular flexibility index (Phi) is 6.77. The van der Waals surface area contributed by atoms with Crippen LogP contribution in [0, 0.1) is 5.41 Å². The van der Waals surface area contributed by atoms with E-state index >= 15 is 0 Å². The molecule has 0 aromatic carbocycles. The normalized spacial score (nSPS) is 20.6. The molecule has 0 atom stereocenters. The summed E-state index contributed by atoms with van der Waals surface area (Å²) in [6.45, 7) is 9.82. The first kappa shape index (κ1) is 16.9. The Morgan fingerprint density at radius 3 is 2.32 bits per heavy atom. The van der Waals surface area contributed by atoms with Crippen LogP contribution >= 0.6 is 0 Å². The van der Waals surface area contributed by atoms with E-state index in [2.05, 4.69) is 26.1 Å². The molecule has 0 unspecified atom stereocenters. The molecular weight excluding hydrogens is 260 g/mol. The van der Waals surface area contributed by atoms with E-state index in [1.165, 1.54) is 0 Å². The van der Waals surface area contributed by atoms with E-state index in [0.717, 1.165) is 45.2 Å². The second kappa shape index (κ2) is 7.60. The quantitative estimate of drug-likeness (QED) is 0.697. The van der Waals surface area contributed by atoms with Crippen molar-refractivity contribution in [3.8, 4) is 0 Å². The van der Waals surface area contributed by atoms with Crippen molar-refractivity contribution in [1.29, 1.82) is 0 Å². The van der Waals surface area contributed by atoms with E-state index in [9.17, 15) is 8.42 Å². The first-order chi connectivity index (χ1) is 8.93. The number of hydrogen-bond acceptors (Lipinski definition) is 3. The first-order valence-corrected chi connectivity index (χ1v) is 9.23. The summed E-state index contributed by atoms with van der Waals surface area (Å²) in [6.07, 6.45) is 4.84. The van der Waals surface area contributed by atoms with Crippen LogP contribution in [-0.4, -0.2) is 44.7 Å². The van der Waals surface area contributed by atoms with Crippen LogP contribution in [0.1, 0.15) is 52.9 Å². The van der Waals surface area contributed by atoms with Crippen LogP contribution in [-0.2, 0) is 10.0 Å². The molecule has 1 heterocycles. The van der Waals surface area contributed by atoms with E-state index in [0.29, 0.717) is 24.3 Å². The first-order valence-electron chi connectivity index (χ1n) is 7.62. The second-order valence-electron chi connectivity index (χ2n) is 5.94. The predicted octanol–water partition coefficient (Wildman–Crippen LogP) is 2.22. The van der Waals surface area contributed by atoms with Crippen LogP contribution in [0.25, 0.3) is 0 Å². The summed E-state index contributed by atoms with van der Waals surface area (Å²) >= 11 is 0. The molecule has 1 aliphatic heterocycles. The molecule has 1 N–H and O–H groups in total. The molecule has 5 heteroatoms. The molecule has 0 aliphatic carbocycles. The zero-order valence-corrected chi connectivity index (χ0v) is 13.6. The van der Waals surface area contributed by atoms with Crippen molar-refractivity contribution in [1.82, 2.24) is 9.62 Å². The fourth-order valence-electron chi connectivity index (χ4n) is 2.50. The van der Waals surface area contributed by atoms with Crippen LogP contribution in [0.4, 0.5) is 0 Å². The maximum atomic E-state index is 12.2. The molecule has 0 radical (unpaired) electrons. The topological polar surface area (TPSA) is 49.4 Å². The van der Waals surface area contributed by atoms with Gasteiger partial charge >= 0.3 is 0 Å². The number of hydrogen-bond donors (Lipinski definition) is 1. The summed E-state index contributed by atoms with van der Waals surface area (Å²) in [4.78, 5) is 0. The third-order valence-electron chi connectivity index (χ3n) is 4.43. The molecule has 114 valence electrons. The highest BCUT2D eigenvalue weighted by Gasteiger charge is 2.33. The molecular formula is C14H30N2O2S. The maximum absolute atomic E-state index is 12.2. The van der Waals surface area contributed by atoms with Crippen LogP contribution in [0.3, 0.4) is 0 Å². The molecule has 1 rings (SSSR count). The molecule has 0 amide bonds. The Hall–Kier alpha value is -0.130. The molecule has 1 saturated heterocycles. The van der Waals surface area contributed by atoms with Gasteiger partial charge in [-0.3, -0.25) is 0 Å². The number of unbranched alkanes of at least 4 members (excludes halogenated alkanes) is 1. The highest BCUT2D eigenvalue weighted by atomic mass is 32.2. The molecule has 0 bridgehead atoms. The highest BCUT2D eigenvalue weighted by molar-refractivity contribution is 7.89. The summed E-state index contributed by atoms with van der Waals surface area (Å²) in [5, 5.41) is 3.22. The van der Waals surface area contributed by atoms with E-state index in [1.807, 2.05) is 0 Å². The van der Waals surface area contributed by atoms with Crippen molar-refractivity contribution in [3.05, 3.63) is 0 Å². The molecule has 0 saturated carbocycles. The van der Waals surface area contributed by atoms with Gasteiger partial charge in [0.25, 0.3) is 0 Å². The fraction of sp³-hybridized carbons (Fsp3) is 1.00. The summed E-state index contributed by atoms with van der Waals surface area (Å²) in [5.41, 5.74) is 0.344. The molecule has 1 aliphatic rings. The third-order valence-corrected chi connectivity index (χ3v) is 6.39. The van der Waals surface area contributed by atoms with Crippen molar-refractivity contribution < 1.29 is 8.42 Å². The predicted molar refractivity (Wildman–Crippen MR) is 80.8 cm³/mol. The van der Waals surface area contributed by atoms with Gasteiger partial charge in [0.2, 0.25) is 10.0 Å². The van der Waals surface area contributed by atoms with Crippen LogP contribution < -0.4 is 5.32 Å². The number of rotatable bonds is 8. The van der Waals surface area contributed by atoms with Crippen molar-refractivity contribution in [3.63, 3.8) is 0 Å². The average Bonchev–Trinajstić information content (AvgIpc) is 2.39. The SMILES string of the molecule is CCNCCCCS(=O)(=O)N1CCC(C)(CC)CC1. The van der Waals surface area contributed by atoms with Crippen LogP contribution in [0.5, 0.6) is 0 Å². The van der Waals surface area contributed by atoms with E-state index < -0.39 is 10.0 Å². The van der Waals surface area contributed by atoms with Crippen molar-refractivity contribution in [2.45, 2.75) is 52.9 Å². The lowest BCUT2D eigenvalue weighted by Gasteiger charge is -2.38. The van der Waals surface area contributed by atoms with Crippen LogP contribution in [0.2, 0.25) is 0 Å². The van der Waals surface area contributed by atoms with Crippen molar-refractivity contribution in [2.75, 3.05) is 31.9 Å². The summed E-state index contributed by atoms with van der Waals surface area (Å²) in [6, 6.07) is 0. The Bertz CT molecular complexity index is 346. The molecule has 1 fully saturated rings. The van der Waals surface area contributed by atoms with Crippen molar-refractivity contribution >= 4 is 10.0 Å². The van der Waals surface area contributed by atoms with E-state index in [-0.39, 0.29) is 0 Å². The molecule has 0 aromatic rings. The second-order valence-corrected chi connectivity index (χ2v) is 8.03. The zero-order valence-electron chi connectivity index (χ0n) is 12.7. The number of nitrogens with zero attached hydrogens (tertiary/aromatic N) is 1.